The number of methoxy groups -OCH3 is 1. The van der Waals surface area contributed by atoms with E-state index in [0.29, 0.717) is 22.3 Å². The Balaban J connectivity index is 1.52. The van der Waals surface area contributed by atoms with Crippen LogP contribution in [0, 0.1) is 0 Å². The molecule has 1 heterocycles. The molecule has 3 amide bonds. The van der Waals surface area contributed by atoms with Crippen molar-refractivity contribution in [2.24, 2.45) is 0 Å². The van der Waals surface area contributed by atoms with Gasteiger partial charge in [0.25, 0.3) is 0 Å². The van der Waals surface area contributed by atoms with Crippen molar-refractivity contribution in [3.05, 3.63) is 71.2 Å². The molecule has 7 nitrogen and oxygen atoms in total. The molecule has 0 saturated carbocycles. The summed E-state index contributed by atoms with van der Waals surface area (Å²) in [6, 6.07) is 16.3. The molecule has 8 heteroatoms. The molecular weight excluding hydrogens is 388 g/mol. The lowest BCUT2D eigenvalue weighted by molar-refractivity contribution is -0.121. The number of nitrogens with one attached hydrogen (secondary N) is 3. The fraction of sp³-hybridized carbons (Fsp3) is 0.190. The van der Waals surface area contributed by atoms with Crippen LogP contribution < -0.4 is 20.7 Å². The van der Waals surface area contributed by atoms with Crippen molar-refractivity contribution < 1.29 is 14.3 Å². The second kappa shape index (κ2) is 9.70. The number of ether oxygens (including phenoxy) is 1. The normalized spacial score (nSPS) is 11.4. The lowest BCUT2D eigenvalue weighted by atomic mass is 10.1. The molecular formula is C21H22N4O3S. The number of anilines is 2. The maximum atomic E-state index is 12.3. The van der Waals surface area contributed by atoms with Crippen LogP contribution in [0.2, 0.25) is 0 Å². The Morgan fingerprint density at radius 3 is 2.55 bits per heavy atom. The van der Waals surface area contributed by atoms with Crippen LogP contribution >= 0.6 is 11.3 Å². The number of aromatic nitrogens is 1. The summed E-state index contributed by atoms with van der Waals surface area (Å²) in [5.74, 6) is 0.434. The van der Waals surface area contributed by atoms with Gasteiger partial charge in [-0.05, 0) is 24.6 Å². The van der Waals surface area contributed by atoms with Crippen LogP contribution in [0.5, 0.6) is 5.75 Å². The highest BCUT2D eigenvalue weighted by atomic mass is 32.1. The summed E-state index contributed by atoms with van der Waals surface area (Å²) in [5.41, 5.74) is 2.19. The molecule has 1 aromatic heterocycles. The first-order valence-electron chi connectivity index (χ1n) is 9.05. The maximum Gasteiger partial charge on any atom is 0.325 e. The quantitative estimate of drug-likeness (QED) is 0.544. The monoisotopic (exact) mass is 410 g/mol. The Morgan fingerprint density at radius 1 is 1.07 bits per heavy atom. The van der Waals surface area contributed by atoms with E-state index >= 15 is 0 Å². The summed E-state index contributed by atoms with van der Waals surface area (Å²) in [5, 5.41) is 10.5. The van der Waals surface area contributed by atoms with Crippen molar-refractivity contribution >= 4 is 34.1 Å². The zero-order chi connectivity index (χ0) is 20.6. The molecule has 0 spiro atoms. The SMILES string of the molecule is COc1ccccc1NC(=O)Nc1nc(CC(=O)N[C@H](C)c2ccccc2)cs1. The van der Waals surface area contributed by atoms with Crippen LogP contribution in [0.3, 0.4) is 0 Å². The molecule has 0 radical (unpaired) electrons. The highest BCUT2D eigenvalue weighted by Crippen LogP contribution is 2.23. The largest absolute Gasteiger partial charge is 0.495 e. The minimum atomic E-state index is -0.433. The van der Waals surface area contributed by atoms with Crippen molar-refractivity contribution in [3.63, 3.8) is 0 Å². The number of benzene rings is 2. The van der Waals surface area contributed by atoms with E-state index in [0.717, 1.165) is 5.56 Å². The third kappa shape index (κ3) is 5.79. The second-order valence-electron chi connectivity index (χ2n) is 6.30. The van der Waals surface area contributed by atoms with Gasteiger partial charge in [0.05, 0.1) is 31.0 Å². The summed E-state index contributed by atoms with van der Waals surface area (Å²) in [7, 11) is 1.54. The smallest absolute Gasteiger partial charge is 0.325 e. The van der Waals surface area contributed by atoms with Crippen LogP contribution in [-0.4, -0.2) is 24.0 Å². The summed E-state index contributed by atoms with van der Waals surface area (Å²) in [6.45, 7) is 1.93. The number of carbonyl (C=O) groups is 2. The van der Waals surface area contributed by atoms with Gasteiger partial charge in [-0.2, -0.15) is 0 Å². The van der Waals surface area contributed by atoms with E-state index in [1.807, 2.05) is 43.3 Å². The van der Waals surface area contributed by atoms with E-state index in [1.54, 1.807) is 23.6 Å². The van der Waals surface area contributed by atoms with Crippen molar-refractivity contribution in [2.45, 2.75) is 19.4 Å². The Labute approximate surface area is 173 Å². The molecule has 0 fully saturated rings. The molecule has 3 aromatic rings. The average molecular weight is 410 g/mol. The first kappa shape index (κ1) is 20.3. The molecule has 29 heavy (non-hydrogen) atoms. The van der Waals surface area contributed by atoms with Gasteiger partial charge in [-0.25, -0.2) is 9.78 Å². The molecule has 0 aliphatic rings. The Kier molecular flexibility index (Phi) is 6.80. The molecule has 0 unspecified atom stereocenters. The van der Waals surface area contributed by atoms with E-state index in [2.05, 4.69) is 20.9 Å². The predicted molar refractivity (Wildman–Crippen MR) is 114 cm³/mol. The molecule has 1 atom stereocenters. The third-order valence-electron chi connectivity index (χ3n) is 4.15. The standard InChI is InChI=1S/C21H22N4O3S/c1-14(15-8-4-3-5-9-15)22-19(26)12-16-13-29-21(23-16)25-20(27)24-17-10-6-7-11-18(17)28-2/h3-11,13-14H,12H2,1-2H3,(H,22,26)(H2,23,24,25,27)/t14-/m1/s1. The minimum Gasteiger partial charge on any atom is -0.495 e. The fourth-order valence-corrected chi connectivity index (χ4v) is 3.43. The van der Waals surface area contributed by atoms with Crippen molar-refractivity contribution in [2.75, 3.05) is 17.7 Å². The molecule has 0 aliphatic heterocycles. The number of para-hydroxylation sites is 2. The Hall–Kier alpha value is -3.39. The molecule has 150 valence electrons. The first-order chi connectivity index (χ1) is 14.0. The summed E-state index contributed by atoms with van der Waals surface area (Å²) < 4.78 is 5.21. The van der Waals surface area contributed by atoms with E-state index in [-0.39, 0.29) is 18.4 Å². The van der Waals surface area contributed by atoms with Crippen LogP contribution in [0.1, 0.15) is 24.2 Å². The van der Waals surface area contributed by atoms with Crippen molar-refractivity contribution in [1.29, 1.82) is 0 Å². The number of urea groups is 1. The number of nitrogens with zero attached hydrogens (tertiary/aromatic N) is 1. The Bertz CT molecular complexity index is 975. The van der Waals surface area contributed by atoms with Gasteiger partial charge in [-0.15, -0.1) is 11.3 Å². The number of carbonyl (C=O) groups excluding carboxylic acids is 2. The highest BCUT2D eigenvalue weighted by Gasteiger charge is 2.13. The molecule has 3 rings (SSSR count). The van der Waals surface area contributed by atoms with E-state index in [4.69, 9.17) is 4.74 Å². The lowest BCUT2D eigenvalue weighted by Crippen LogP contribution is -2.28. The highest BCUT2D eigenvalue weighted by molar-refractivity contribution is 7.14. The number of hydrogen-bond donors (Lipinski definition) is 3. The van der Waals surface area contributed by atoms with Gasteiger partial charge in [0.15, 0.2) is 5.13 Å². The number of hydrogen-bond acceptors (Lipinski definition) is 5. The molecule has 0 aliphatic carbocycles. The third-order valence-corrected chi connectivity index (χ3v) is 4.95. The van der Waals surface area contributed by atoms with Gasteiger partial charge >= 0.3 is 6.03 Å². The zero-order valence-corrected chi connectivity index (χ0v) is 17.0. The lowest BCUT2D eigenvalue weighted by Gasteiger charge is -2.13. The second-order valence-corrected chi connectivity index (χ2v) is 7.16. The number of thiazole rings is 1. The van der Waals surface area contributed by atoms with Gasteiger partial charge in [0, 0.05) is 5.38 Å². The first-order valence-corrected chi connectivity index (χ1v) is 9.93. The average Bonchev–Trinajstić information content (AvgIpc) is 3.15. The van der Waals surface area contributed by atoms with Crippen LogP contribution in [0.25, 0.3) is 0 Å². The van der Waals surface area contributed by atoms with Gasteiger partial charge < -0.3 is 15.4 Å². The predicted octanol–water partition coefficient (Wildman–Crippen LogP) is 4.22. The van der Waals surface area contributed by atoms with E-state index < -0.39 is 6.03 Å². The van der Waals surface area contributed by atoms with Crippen LogP contribution in [-0.2, 0) is 11.2 Å². The zero-order valence-electron chi connectivity index (χ0n) is 16.1. The fourth-order valence-electron chi connectivity index (χ4n) is 2.73. The van der Waals surface area contributed by atoms with E-state index in [9.17, 15) is 9.59 Å². The van der Waals surface area contributed by atoms with Gasteiger partial charge in [-0.1, -0.05) is 42.5 Å². The summed E-state index contributed by atoms with van der Waals surface area (Å²) in [6.07, 6.45) is 0.142. The Morgan fingerprint density at radius 2 is 1.79 bits per heavy atom. The van der Waals surface area contributed by atoms with Crippen LogP contribution in [0.15, 0.2) is 60.0 Å². The van der Waals surface area contributed by atoms with Crippen molar-refractivity contribution in [1.82, 2.24) is 10.3 Å². The number of amides is 3. The van der Waals surface area contributed by atoms with Crippen molar-refractivity contribution in [3.8, 4) is 5.75 Å². The maximum absolute atomic E-state index is 12.3. The van der Waals surface area contributed by atoms with Gasteiger partial charge in [-0.3, -0.25) is 10.1 Å². The molecule has 3 N–H and O–H groups in total. The molecule has 0 bridgehead atoms. The summed E-state index contributed by atoms with van der Waals surface area (Å²) >= 11 is 1.26. The minimum absolute atomic E-state index is 0.0911. The molecule has 2 aromatic carbocycles. The van der Waals surface area contributed by atoms with Crippen LogP contribution in [0.4, 0.5) is 15.6 Å². The van der Waals surface area contributed by atoms with Gasteiger partial charge in [0.1, 0.15) is 5.75 Å². The molecule has 0 saturated heterocycles. The topological polar surface area (TPSA) is 92.3 Å². The van der Waals surface area contributed by atoms with Gasteiger partial charge in [0.2, 0.25) is 5.91 Å². The number of rotatable bonds is 7. The summed E-state index contributed by atoms with van der Waals surface area (Å²) in [4.78, 5) is 28.8. The van der Waals surface area contributed by atoms with E-state index in [1.165, 1.54) is 18.4 Å².